The topological polar surface area (TPSA) is 62.6 Å². The molecule has 3 heterocycles. The second-order valence-electron chi connectivity index (χ2n) is 7.49. The Hall–Kier alpha value is -2.81. The van der Waals surface area contributed by atoms with Crippen molar-refractivity contribution in [1.29, 1.82) is 0 Å². The van der Waals surface area contributed by atoms with E-state index in [1.165, 1.54) is 48.2 Å². The van der Waals surface area contributed by atoms with Crippen molar-refractivity contribution >= 4 is 5.52 Å². The molecule has 1 saturated heterocycles. The van der Waals surface area contributed by atoms with Crippen LogP contribution in [0.4, 0.5) is 13.2 Å². The second-order valence-corrected chi connectivity index (χ2v) is 7.49. The third-order valence-electron chi connectivity index (χ3n) is 5.26. The average molecular weight is 420 g/mol. The van der Waals surface area contributed by atoms with Crippen LogP contribution in [0, 0.1) is 0 Å². The molecule has 4 rings (SSSR count). The molecule has 0 amide bonds. The van der Waals surface area contributed by atoms with Crippen LogP contribution in [-0.4, -0.2) is 45.7 Å². The van der Waals surface area contributed by atoms with E-state index in [0.717, 1.165) is 38.2 Å². The maximum Gasteiger partial charge on any atom is 0.416 e. The smallest absolute Gasteiger partial charge is 0.416 e. The Labute approximate surface area is 171 Å². The maximum atomic E-state index is 13.0. The van der Waals surface area contributed by atoms with Gasteiger partial charge in [0.2, 0.25) is 5.88 Å². The van der Waals surface area contributed by atoms with Gasteiger partial charge in [-0.2, -0.15) is 13.2 Å². The van der Waals surface area contributed by atoms with E-state index in [0.29, 0.717) is 12.5 Å². The zero-order chi connectivity index (χ0) is 21.1. The van der Waals surface area contributed by atoms with Gasteiger partial charge in [0.15, 0.2) is 0 Å². The molecule has 0 spiro atoms. The van der Waals surface area contributed by atoms with Crippen LogP contribution in [0.3, 0.4) is 0 Å². The van der Waals surface area contributed by atoms with E-state index < -0.39 is 17.3 Å². The minimum Gasteiger partial charge on any atom is -0.477 e. The molecule has 1 N–H and O–H groups in total. The van der Waals surface area contributed by atoms with Crippen molar-refractivity contribution in [1.82, 2.24) is 19.5 Å². The third-order valence-corrected chi connectivity index (χ3v) is 5.26. The molecule has 0 bridgehead atoms. The molecular formula is C21H23F3N4O2. The molecule has 0 saturated carbocycles. The lowest BCUT2D eigenvalue weighted by molar-refractivity contribution is -0.137. The molecular weight excluding hydrogens is 397 g/mol. The first-order valence-electron chi connectivity index (χ1n) is 10.1. The van der Waals surface area contributed by atoms with Crippen molar-refractivity contribution in [3.63, 3.8) is 0 Å². The lowest BCUT2D eigenvalue weighted by Crippen LogP contribution is -2.31. The summed E-state index contributed by atoms with van der Waals surface area (Å²) < 4.78 is 46.0. The quantitative estimate of drug-likeness (QED) is 0.613. The summed E-state index contributed by atoms with van der Waals surface area (Å²) in [6.45, 7) is 3.70. The third kappa shape index (κ3) is 4.67. The standard InChI is InChI=1S/C21H23F3N4O2/c22-21(23,24)16-7-4-6-15(12-16)17-14-28-18(20(29)25-17)13-19(26-28)30-11-5-10-27-8-2-1-3-9-27/h4,6-7,12-14H,1-3,5,8-11H2,(H,25,29). The molecule has 1 aliphatic heterocycles. The zero-order valence-corrected chi connectivity index (χ0v) is 16.4. The fraction of sp³-hybridized carbons (Fsp3) is 0.429. The summed E-state index contributed by atoms with van der Waals surface area (Å²) >= 11 is 0. The van der Waals surface area contributed by atoms with E-state index in [9.17, 15) is 18.0 Å². The van der Waals surface area contributed by atoms with Crippen LogP contribution in [0.2, 0.25) is 0 Å². The Morgan fingerprint density at radius 2 is 1.93 bits per heavy atom. The highest BCUT2D eigenvalue weighted by Gasteiger charge is 2.30. The molecule has 1 fully saturated rings. The lowest BCUT2D eigenvalue weighted by Gasteiger charge is -2.26. The molecule has 30 heavy (non-hydrogen) atoms. The summed E-state index contributed by atoms with van der Waals surface area (Å²) in [7, 11) is 0. The van der Waals surface area contributed by atoms with Crippen LogP contribution in [0.15, 0.2) is 41.3 Å². The first-order valence-corrected chi connectivity index (χ1v) is 10.1. The normalized spacial score (nSPS) is 15.6. The van der Waals surface area contributed by atoms with E-state index in [1.54, 1.807) is 0 Å². The summed E-state index contributed by atoms with van der Waals surface area (Å²) in [5, 5.41) is 4.25. The molecule has 0 unspecified atom stereocenters. The number of alkyl halides is 3. The van der Waals surface area contributed by atoms with Gasteiger partial charge in [-0.05, 0) is 44.5 Å². The molecule has 0 atom stereocenters. The Morgan fingerprint density at radius 3 is 2.70 bits per heavy atom. The molecule has 160 valence electrons. The number of aromatic amines is 1. The highest BCUT2D eigenvalue weighted by atomic mass is 19.4. The largest absolute Gasteiger partial charge is 0.477 e. The van der Waals surface area contributed by atoms with Gasteiger partial charge in [-0.1, -0.05) is 18.6 Å². The number of likely N-dealkylation sites (tertiary alicyclic amines) is 1. The predicted octanol–water partition coefficient (Wildman–Crippen LogP) is 3.96. The van der Waals surface area contributed by atoms with E-state index in [1.807, 2.05) is 0 Å². The molecule has 2 aromatic heterocycles. The van der Waals surface area contributed by atoms with Gasteiger partial charge in [0, 0.05) is 18.2 Å². The van der Waals surface area contributed by atoms with Gasteiger partial charge < -0.3 is 14.6 Å². The van der Waals surface area contributed by atoms with Crippen molar-refractivity contribution in [3.8, 4) is 17.1 Å². The highest BCUT2D eigenvalue weighted by Crippen LogP contribution is 2.31. The average Bonchev–Trinajstić information content (AvgIpc) is 3.15. The fourth-order valence-electron chi connectivity index (χ4n) is 3.71. The molecule has 3 aromatic rings. The van der Waals surface area contributed by atoms with E-state index in [4.69, 9.17) is 4.74 Å². The first kappa shape index (κ1) is 20.5. The molecule has 9 heteroatoms. The molecule has 0 aliphatic carbocycles. The number of hydrogen-bond donors (Lipinski definition) is 1. The Balaban J connectivity index is 1.47. The van der Waals surface area contributed by atoms with Gasteiger partial charge in [0.25, 0.3) is 5.56 Å². The molecule has 6 nitrogen and oxygen atoms in total. The molecule has 0 radical (unpaired) electrons. The SMILES string of the molecule is O=c1[nH]c(-c2cccc(C(F)(F)F)c2)cn2nc(OCCCN3CCCCC3)cc12. The summed E-state index contributed by atoms with van der Waals surface area (Å²) in [5.74, 6) is 0.320. The van der Waals surface area contributed by atoms with Crippen LogP contribution in [0.25, 0.3) is 16.8 Å². The van der Waals surface area contributed by atoms with Crippen molar-refractivity contribution in [2.24, 2.45) is 0 Å². The predicted molar refractivity (Wildman–Crippen MR) is 107 cm³/mol. The number of halogens is 3. The van der Waals surface area contributed by atoms with Crippen molar-refractivity contribution in [3.05, 3.63) is 52.4 Å². The van der Waals surface area contributed by atoms with Gasteiger partial charge >= 0.3 is 6.18 Å². The summed E-state index contributed by atoms with van der Waals surface area (Å²) in [5.41, 5.74) is -0.446. The second kappa shape index (κ2) is 8.51. The monoisotopic (exact) mass is 420 g/mol. The Morgan fingerprint density at radius 1 is 1.13 bits per heavy atom. The minimum atomic E-state index is -4.46. The number of ether oxygens (including phenoxy) is 1. The zero-order valence-electron chi connectivity index (χ0n) is 16.4. The van der Waals surface area contributed by atoms with E-state index >= 15 is 0 Å². The number of aromatic nitrogens is 3. The van der Waals surface area contributed by atoms with E-state index in [-0.39, 0.29) is 16.8 Å². The molecule has 1 aromatic carbocycles. The number of fused-ring (bicyclic) bond motifs is 1. The maximum absolute atomic E-state index is 13.0. The number of hydrogen-bond acceptors (Lipinski definition) is 4. The van der Waals surface area contributed by atoms with Crippen molar-refractivity contribution in [2.45, 2.75) is 31.9 Å². The first-order chi connectivity index (χ1) is 14.4. The number of piperidine rings is 1. The van der Waals surface area contributed by atoms with Crippen LogP contribution in [0.5, 0.6) is 5.88 Å². The summed E-state index contributed by atoms with van der Waals surface area (Å²) in [4.78, 5) is 17.4. The minimum absolute atomic E-state index is 0.248. The number of H-pyrrole nitrogens is 1. The number of rotatable bonds is 6. The van der Waals surface area contributed by atoms with Gasteiger partial charge in [0.1, 0.15) is 5.52 Å². The number of nitrogens with one attached hydrogen (secondary N) is 1. The van der Waals surface area contributed by atoms with Crippen LogP contribution in [0.1, 0.15) is 31.2 Å². The van der Waals surface area contributed by atoms with Crippen LogP contribution >= 0.6 is 0 Å². The van der Waals surface area contributed by atoms with Gasteiger partial charge in [-0.15, -0.1) is 5.10 Å². The van der Waals surface area contributed by atoms with Gasteiger partial charge in [-0.25, -0.2) is 4.52 Å². The number of nitrogens with zero attached hydrogens (tertiary/aromatic N) is 3. The number of benzene rings is 1. The Kier molecular flexibility index (Phi) is 5.80. The van der Waals surface area contributed by atoms with Crippen LogP contribution in [-0.2, 0) is 6.18 Å². The van der Waals surface area contributed by atoms with Crippen molar-refractivity contribution < 1.29 is 17.9 Å². The van der Waals surface area contributed by atoms with Gasteiger partial charge in [0.05, 0.1) is 24.1 Å². The Bertz CT molecular complexity index is 1070. The summed E-state index contributed by atoms with van der Waals surface area (Å²) in [6.07, 6.45) is 1.67. The summed E-state index contributed by atoms with van der Waals surface area (Å²) in [6, 6.07) is 6.34. The van der Waals surface area contributed by atoms with E-state index in [2.05, 4.69) is 15.0 Å². The molecule has 1 aliphatic rings. The fourth-order valence-corrected chi connectivity index (χ4v) is 3.71. The van der Waals surface area contributed by atoms with Gasteiger partial charge in [-0.3, -0.25) is 4.79 Å². The van der Waals surface area contributed by atoms with Crippen LogP contribution < -0.4 is 10.3 Å². The highest BCUT2D eigenvalue weighted by molar-refractivity contribution is 5.61. The van der Waals surface area contributed by atoms with Crippen molar-refractivity contribution in [2.75, 3.05) is 26.2 Å². The lowest BCUT2D eigenvalue weighted by atomic mass is 10.1.